The number of nitrogens with one attached hydrogen (secondary N) is 1. The lowest BCUT2D eigenvalue weighted by Crippen LogP contribution is -2.43. The Kier molecular flexibility index (Phi) is 3.38. The average molecular weight is 269 g/mol. The van der Waals surface area contributed by atoms with Crippen molar-refractivity contribution in [2.24, 2.45) is 0 Å². The predicted octanol–water partition coefficient (Wildman–Crippen LogP) is 1.67. The number of rotatable bonds is 2. The molecule has 1 heterocycles. The zero-order valence-electron chi connectivity index (χ0n) is 8.37. The number of piperazine rings is 1. The molecular weight excluding hydrogens is 256 g/mol. The van der Waals surface area contributed by atoms with Crippen LogP contribution in [0.2, 0.25) is 0 Å². The van der Waals surface area contributed by atoms with Crippen molar-refractivity contribution in [3.63, 3.8) is 0 Å². The average Bonchev–Trinajstić information content (AvgIpc) is 2.30. The van der Waals surface area contributed by atoms with Crippen LogP contribution >= 0.6 is 15.9 Å². The first-order chi connectivity index (χ1) is 7.31. The molecule has 0 atom stereocenters. The second-order valence-corrected chi connectivity index (χ2v) is 4.42. The van der Waals surface area contributed by atoms with Gasteiger partial charge < -0.3 is 10.2 Å². The molecule has 1 aromatic rings. The van der Waals surface area contributed by atoms with E-state index >= 15 is 0 Å². The molecule has 3 nitrogen and oxygen atoms in total. The third kappa shape index (κ3) is 2.38. The van der Waals surface area contributed by atoms with E-state index in [1.54, 1.807) is 0 Å². The van der Waals surface area contributed by atoms with E-state index in [-0.39, 0.29) is 0 Å². The Morgan fingerprint density at radius 2 is 2.07 bits per heavy atom. The quantitative estimate of drug-likeness (QED) is 0.829. The minimum atomic E-state index is 0.703. The van der Waals surface area contributed by atoms with E-state index in [2.05, 4.69) is 26.1 Å². The minimum Gasteiger partial charge on any atom is -0.369 e. The van der Waals surface area contributed by atoms with Crippen LogP contribution in [0.15, 0.2) is 22.7 Å². The molecule has 0 amide bonds. The van der Waals surface area contributed by atoms with Crippen molar-refractivity contribution >= 4 is 27.9 Å². The van der Waals surface area contributed by atoms with Gasteiger partial charge in [-0.05, 0) is 34.1 Å². The first kappa shape index (κ1) is 10.6. The van der Waals surface area contributed by atoms with Crippen molar-refractivity contribution in [3.8, 4) is 0 Å². The largest absolute Gasteiger partial charge is 0.369 e. The zero-order valence-corrected chi connectivity index (χ0v) is 9.96. The smallest absolute Gasteiger partial charge is 0.151 e. The van der Waals surface area contributed by atoms with E-state index in [1.165, 1.54) is 5.69 Å². The van der Waals surface area contributed by atoms with Gasteiger partial charge in [0.25, 0.3) is 0 Å². The molecule has 0 radical (unpaired) electrons. The molecule has 0 saturated carbocycles. The summed E-state index contributed by atoms with van der Waals surface area (Å²) in [6, 6.07) is 5.86. The van der Waals surface area contributed by atoms with Gasteiger partial charge in [-0.25, -0.2) is 0 Å². The zero-order chi connectivity index (χ0) is 10.7. The monoisotopic (exact) mass is 268 g/mol. The number of nitrogens with zero attached hydrogens (tertiary/aromatic N) is 1. The van der Waals surface area contributed by atoms with Gasteiger partial charge in [-0.3, -0.25) is 4.79 Å². The minimum absolute atomic E-state index is 0.703. The maximum atomic E-state index is 10.7. The van der Waals surface area contributed by atoms with Crippen molar-refractivity contribution in [2.45, 2.75) is 0 Å². The number of aldehydes is 1. The summed E-state index contributed by atoms with van der Waals surface area (Å²) in [6.07, 6.45) is 0.867. The lowest BCUT2D eigenvalue weighted by Gasteiger charge is -2.29. The molecule has 0 bridgehead atoms. The molecular formula is C11H13BrN2O. The van der Waals surface area contributed by atoms with Gasteiger partial charge >= 0.3 is 0 Å². The Bertz CT molecular complexity index is 362. The molecule has 0 aromatic heterocycles. The van der Waals surface area contributed by atoms with E-state index in [4.69, 9.17) is 0 Å². The maximum Gasteiger partial charge on any atom is 0.151 e. The number of anilines is 1. The summed E-state index contributed by atoms with van der Waals surface area (Å²) in [6.45, 7) is 4.08. The van der Waals surface area contributed by atoms with Gasteiger partial charge in [-0.2, -0.15) is 0 Å². The highest BCUT2D eigenvalue weighted by atomic mass is 79.9. The standard InChI is InChI=1S/C11H13BrN2O/c12-11-7-10(2-1-9(11)8-15)14-5-3-13-4-6-14/h1-2,7-8,13H,3-6H2. The fraction of sp³-hybridized carbons (Fsp3) is 0.364. The Hall–Kier alpha value is -0.870. The maximum absolute atomic E-state index is 10.7. The van der Waals surface area contributed by atoms with E-state index < -0.39 is 0 Å². The van der Waals surface area contributed by atoms with Gasteiger partial charge in [0.05, 0.1) is 0 Å². The molecule has 0 spiro atoms. The lowest BCUT2D eigenvalue weighted by atomic mass is 10.2. The van der Waals surface area contributed by atoms with Crippen molar-refractivity contribution in [3.05, 3.63) is 28.2 Å². The number of carbonyl (C=O) groups excluding carboxylic acids is 1. The second kappa shape index (κ2) is 4.77. The topological polar surface area (TPSA) is 32.3 Å². The Morgan fingerprint density at radius 3 is 2.67 bits per heavy atom. The van der Waals surface area contributed by atoms with Gasteiger partial charge in [0, 0.05) is 41.9 Å². The van der Waals surface area contributed by atoms with Crippen LogP contribution in [0.25, 0.3) is 0 Å². The van der Waals surface area contributed by atoms with Crippen LogP contribution in [-0.2, 0) is 0 Å². The molecule has 1 aliphatic rings. The molecule has 0 aliphatic carbocycles. The molecule has 15 heavy (non-hydrogen) atoms. The van der Waals surface area contributed by atoms with Crippen molar-refractivity contribution in [1.82, 2.24) is 5.32 Å². The molecule has 1 aliphatic heterocycles. The summed E-state index contributed by atoms with van der Waals surface area (Å²) in [5.74, 6) is 0. The van der Waals surface area contributed by atoms with Crippen LogP contribution < -0.4 is 10.2 Å². The van der Waals surface area contributed by atoms with Crippen LogP contribution in [0, 0.1) is 0 Å². The lowest BCUT2D eigenvalue weighted by molar-refractivity contribution is 0.112. The number of halogens is 1. The van der Waals surface area contributed by atoms with Gasteiger partial charge in [0.2, 0.25) is 0 Å². The molecule has 1 fully saturated rings. The summed E-state index contributed by atoms with van der Waals surface area (Å²) >= 11 is 3.40. The molecule has 80 valence electrons. The highest BCUT2D eigenvalue weighted by Gasteiger charge is 2.11. The van der Waals surface area contributed by atoms with Crippen molar-refractivity contribution < 1.29 is 4.79 Å². The van der Waals surface area contributed by atoms with Gasteiger partial charge in [-0.15, -0.1) is 0 Å². The first-order valence-corrected chi connectivity index (χ1v) is 5.81. The van der Waals surface area contributed by atoms with Crippen molar-refractivity contribution in [2.75, 3.05) is 31.1 Å². The summed E-state index contributed by atoms with van der Waals surface area (Å²) < 4.78 is 0.869. The summed E-state index contributed by atoms with van der Waals surface area (Å²) in [5, 5.41) is 3.31. The fourth-order valence-corrected chi connectivity index (χ4v) is 2.19. The Morgan fingerprint density at radius 1 is 1.33 bits per heavy atom. The van der Waals surface area contributed by atoms with Crippen LogP contribution in [0.1, 0.15) is 10.4 Å². The second-order valence-electron chi connectivity index (χ2n) is 3.56. The van der Waals surface area contributed by atoms with E-state index in [1.807, 2.05) is 18.2 Å². The van der Waals surface area contributed by atoms with Gasteiger partial charge in [-0.1, -0.05) is 0 Å². The molecule has 2 rings (SSSR count). The number of carbonyl (C=O) groups is 1. The molecule has 1 N–H and O–H groups in total. The molecule has 0 unspecified atom stereocenters. The van der Waals surface area contributed by atoms with Crippen LogP contribution in [0.5, 0.6) is 0 Å². The first-order valence-electron chi connectivity index (χ1n) is 5.01. The predicted molar refractivity (Wildman–Crippen MR) is 64.6 cm³/mol. The van der Waals surface area contributed by atoms with E-state index in [0.29, 0.717) is 5.56 Å². The van der Waals surface area contributed by atoms with Crippen LogP contribution in [0.4, 0.5) is 5.69 Å². The number of hydrogen-bond acceptors (Lipinski definition) is 3. The Labute approximate surface area is 97.6 Å². The molecule has 1 saturated heterocycles. The van der Waals surface area contributed by atoms with Gasteiger partial charge in [0.1, 0.15) is 0 Å². The third-order valence-electron chi connectivity index (χ3n) is 2.59. The summed E-state index contributed by atoms with van der Waals surface area (Å²) in [4.78, 5) is 13.0. The normalized spacial score (nSPS) is 16.5. The molecule has 1 aromatic carbocycles. The summed E-state index contributed by atoms with van der Waals surface area (Å²) in [5.41, 5.74) is 1.88. The highest BCUT2D eigenvalue weighted by molar-refractivity contribution is 9.10. The van der Waals surface area contributed by atoms with Crippen LogP contribution in [-0.4, -0.2) is 32.5 Å². The number of benzene rings is 1. The van der Waals surface area contributed by atoms with E-state index in [9.17, 15) is 4.79 Å². The Balaban J connectivity index is 2.21. The number of hydrogen-bond donors (Lipinski definition) is 1. The highest BCUT2D eigenvalue weighted by Crippen LogP contribution is 2.23. The fourth-order valence-electron chi connectivity index (χ4n) is 1.73. The van der Waals surface area contributed by atoms with E-state index in [0.717, 1.165) is 36.9 Å². The van der Waals surface area contributed by atoms with Crippen molar-refractivity contribution in [1.29, 1.82) is 0 Å². The molecule has 4 heteroatoms. The van der Waals surface area contributed by atoms with Crippen LogP contribution in [0.3, 0.4) is 0 Å². The summed E-state index contributed by atoms with van der Waals surface area (Å²) in [7, 11) is 0. The third-order valence-corrected chi connectivity index (χ3v) is 3.28. The SMILES string of the molecule is O=Cc1ccc(N2CCNCC2)cc1Br. The van der Waals surface area contributed by atoms with Gasteiger partial charge in [0.15, 0.2) is 6.29 Å².